The highest BCUT2D eigenvalue weighted by Gasteiger charge is 2.16. The molecule has 0 fully saturated rings. The van der Waals surface area contributed by atoms with Crippen LogP contribution >= 0.6 is 0 Å². The highest BCUT2D eigenvalue weighted by Crippen LogP contribution is 2.26. The van der Waals surface area contributed by atoms with Crippen LogP contribution in [0.25, 0.3) is 6.08 Å². The van der Waals surface area contributed by atoms with Gasteiger partial charge in [0.2, 0.25) is 15.9 Å². The minimum Gasteiger partial charge on any atom is -0.495 e. The number of sulfonamides is 1. The van der Waals surface area contributed by atoms with E-state index in [1.807, 2.05) is 6.07 Å². The van der Waals surface area contributed by atoms with Gasteiger partial charge in [-0.25, -0.2) is 13.6 Å². The lowest BCUT2D eigenvalue weighted by molar-refractivity contribution is -0.111. The molecule has 0 saturated heterocycles. The quantitative estimate of drug-likeness (QED) is 0.698. The lowest BCUT2D eigenvalue weighted by atomic mass is 10.2. The van der Waals surface area contributed by atoms with Crippen molar-refractivity contribution >= 4 is 27.7 Å². The molecule has 140 valence electrons. The molecule has 0 aliphatic carbocycles. The molecule has 0 spiro atoms. The number of primary sulfonamides is 1. The Balaban J connectivity index is 2.07. The maximum atomic E-state index is 12.0. The van der Waals surface area contributed by atoms with Crippen LogP contribution in [0.2, 0.25) is 0 Å². The van der Waals surface area contributed by atoms with E-state index >= 15 is 0 Å². The molecule has 0 saturated carbocycles. The standard InChI is InChI=1S/C18H17N3O5S/c1-25-16-8-5-14(12-17(16)27(20,23)24)21-18(22)9-4-13-2-6-15(7-3-13)26-11-10-19/h2-9,12H,11H2,1H3,(H,21,22)(H2,20,23,24). The van der Waals surface area contributed by atoms with E-state index in [4.69, 9.17) is 19.9 Å². The average Bonchev–Trinajstić information content (AvgIpc) is 2.65. The minimum atomic E-state index is -4.00. The smallest absolute Gasteiger partial charge is 0.248 e. The van der Waals surface area contributed by atoms with Crippen LogP contribution in [-0.4, -0.2) is 28.0 Å². The highest BCUT2D eigenvalue weighted by atomic mass is 32.2. The van der Waals surface area contributed by atoms with Gasteiger partial charge >= 0.3 is 0 Å². The molecule has 0 heterocycles. The van der Waals surface area contributed by atoms with Gasteiger partial charge < -0.3 is 14.8 Å². The minimum absolute atomic E-state index is 0.0417. The van der Waals surface area contributed by atoms with Gasteiger partial charge in [0, 0.05) is 11.8 Å². The zero-order valence-electron chi connectivity index (χ0n) is 14.4. The third kappa shape index (κ3) is 5.85. The third-order valence-corrected chi connectivity index (χ3v) is 4.28. The molecule has 2 aromatic carbocycles. The Kier molecular flexibility index (Phi) is 6.54. The maximum absolute atomic E-state index is 12.0. The number of carbonyl (C=O) groups is 1. The first kappa shape index (κ1) is 20.0. The molecule has 2 aromatic rings. The molecule has 0 unspecified atom stereocenters. The first-order valence-electron chi connectivity index (χ1n) is 7.63. The van der Waals surface area contributed by atoms with Crippen molar-refractivity contribution in [3.8, 4) is 17.6 Å². The number of hydrogen-bond acceptors (Lipinski definition) is 6. The van der Waals surface area contributed by atoms with Gasteiger partial charge in [0.25, 0.3) is 0 Å². The number of nitrogens with two attached hydrogens (primary N) is 1. The van der Waals surface area contributed by atoms with E-state index in [1.165, 1.54) is 31.4 Å². The van der Waals surface area contributed by atoms with Crippen LogP contribution in [0, 0.1) is 11.3 Å². The second-order valence-electron chi connectivity index (χ2n) is 5.25. The number of nitriles is 1. The number of benzene rings is 2. The van der Waals surface area contributed by atoms with Crippen molar-refractivity contribution in [3.63, 3.8) is 0 Å². The largest absolute Gasteiger partial charge is 0.495 e. The summed E-state index contributed by atoms with van der Waals surface area (Å²) in [6.45, 7) is -0.0417. The zero-order chi connectivity index (χ0) is 19.9. The normalized spacial score (nSPS) is 11.0. The first-order valence-corrected chi connectivity index (χ1v) is 9.18. The van der Waals surface area contributed by atoms with Crippen LogP contribution in [0.1, 0.15) is 5.56 Å². The van der Waals surface area contributed by atoms with Gasteiger partial charge in [-0.2, -0.15) is 5.26 Å². The molecule has 8 nitrogen and oxygen atoms in total. The molecule has 3 N–H and O–H groups in total. The van der Waals surface area contributed by atoms with Crippen molar-refractivity contribution in [1.82, 2.24) is 0 Å². The molecule has 0 aliphatic rings. The molecular weight excluding hydrogens is 370 g/mol. The fourth-order valence-corrected chi connectivity index (χ4v) is 2.85. The first-order chi connectivity index (χ1) is 12.8. The van der Waals surface area contributed by atoms with Gasteiger partial charge in [-0.1, -0.05) is 12.1 Å². The average molecular weight is 387 g/mol. The second-order valence-corrected chi connectivity index (χ2v) is 6.78. The third-order valence-electron chi connectivity index (χ3n) is 3.35. The summed E-state index contributed by atoms with van der Waals surface area (Å²) in [5, 5.41) is 16.2. The summed E-state index contributed by atoms with van der Waals surface area (Å²) in [7, 11) is -2.68. The molecule has 0 radical (unpaired) electrons. The van der Waals surface area contributed by atoms with Crippen LogP contribution in [0.15, 0.2) is 53.4 Å². The van der Waals surface area contributed by atoms with Gasteiger partial charge in [0.15, 0.2) is 6.61 Å². The molecule has 27 heavy (non-hydrogen) atoms. The van der Waals surface area contributed by atoms with Crippen LogP contribution in [0.5, 0.6) is 11.5 Å². The van der Waals surface area contributed by atoms with Gasteiger partial charge in [0.05, 0.1) is 7.11 Å². The van der Waals surface area contributed by atoms with Crippen molar-refractivity contribution in [3.05, 3.63) is 54.1 Å². The molecule has 0 aromatic heterocycles. The lowest BCUT2D eigenvalue weighted by Crippen LogP contribution is -2.15. The van der Waals surface area contributed by atoms with Crippen LogP contribution in [0.3, 0.4) is 0 Å². The number of ether oxygens (including phenoxy) is 2. The summed E-state index contributed by atoms with van der Waals surface area (Å²) in [5.74, 6) is 0.182. The van der Waals surface area contributed by atoms with E-state index < -0.39 is 15.9 Å². The summed E-state index contributed by atoms with van der Waals surface area (Å²) in [6, 6.07) is 12.8. The van der Waals surface area contributed by atoms with Crippen LogP contribution in [0.4, 0.5) is 5.69 Å². The Morgan fingerprint density at radius 2 is 1.96 bits per heavy atom. The lowest BCUT2D eigenvalue weighted by Gasteiger charge is -2.09. The van der Waals surface area contributed by atoms with Gasteiger partial charge in [-0.15, -0.1) is 0 Å². The molecule has 1 amide bonds. The van der Waals surface area contributed by atoms with Crippen LogP contribution < -0.4 is 19.9 Å². The molecular formula is C18H17N3O5S. The van der Waals surface area contributed by atoms with E-state index in [9.17, 15) is 13.2 Å². The number of carbonyl (C=O) groups excluding carboxylic acids is 1. The Bertz CT molecular complexity index is 993. The van der Waals surface area contributed by atoms with Crippen molar-refractivity contribution in [1.29, 1.82) is 5.26 Å². The molecule has 0 atom stereocenters. The summed E-state index contributed by atoms with van der Waals surface area (Å²) in [6.07, 6.45) is 2.87. The van der Waals surface area contributed by atoms with E-state index in [0.29, 0.717) is 5.75 Å². The number of amides is 1. The number of rotatable bonds is 7. The predicted octanol–water partition coefficient (Wildman–Crippen LogP) is 1.90. The summed E-state index contributed by atoms with van der Waals surface area (Å²) in [4.78, 5) is 11.8. The van der Waals surface area contributed by atoms with Crippen molar-refractivity contribution in [2.75, 3.05) is 19.0 Å². The van der Waals surface area contributed by atoms with Crippen molar-refractivity contribution in [2.45, 2.75) is 4.90 Å². The Morgan fingerprint density at radius 1 is 1.26 bits per heavy atom. The van der Waals surface area contributed by atoms with Gasteiger partial charge in [-0.05, 0) is 42.0 Å². The Morgan fingerprint density at radius 3 is 2.56 bits per heavy atom. The number of anilines is 1. The Labute approximate surface area is 156 Å². The molecule has 0 bridgehead atoms. The molecule has 2 rings (SSSR count). The highest BCUT2D eigenvalue weighted by molar-refractivity contribution is 7.89. The van der Waals surface area contributed by atoms with Gasteiger partial charge in [-0.3, -0.25) is 4.79 Å². The summed E-state index contributed by atoms with van der Waals surface area (Å²) < 4.78 is 33.3. The topological polar surface area (TPSA) is 132 Å². The monoisotopic (exact) mass is 387 g/mol. The number of nitrogens with one attached hydrogen (secondary N) is 1. The van der Waals surface area contributed by atoms with Crippen molar-refractivity contribution in [2.24, 2.45) is 5.14 Å². The van der Waals surface area contributed by atoms with Crippen LogP contribution in [-0.2, 0) is 14.8 Å². The summed E-state index contributed by atoms with van der Waals surface area (Å²) >= 11 is 0. The maximum Gasteiger partial charge on any atom is 0.248 e. The zero-order valence-corrected chi connectivity index (χ0v) is 15.2. The van der Waals surface area contributed by atoms with E-state index in [2.05, 4.69) is 5.32 Å². The molecule has 9 heteroatoms. The number of methoxy groups -OCH3 is 1. The van der Waals surface area contributed by atoms with E-state index in [-0.39, 0.29) is 22.9 Å². The number of hydrogen-bond donors (Lipinski definition) is 2. The van der Waals surface area contributed by atoms with Crippen molar-refractivity contribution < 1.29 is 22.7 Å². The predicted molar refractivity (Wildman–Crippen MR) is 99.6 cm³/mol. The van der Waals surface area contributed by atoms with Gasteiger partial charge in [0.1, 0.15) is 22.5 Å². The second kappa shape index (κ2) is 8.84. The molecule has 0 aliphatic heterocycles. The fourth-order valence-electron chi connectivity index (χ4n) is 2.12. The Hall–Kier alpha value is -3.35. The SMILES string of the molecule is COc1ccc(NC(=O)C=Cc2ccc(OCC#N)cc2)cc1S(N)(=O)=O. The fraction of sp³-hybridized carbons (Fsp3) is 0.111. The van der Waals surface area contributed by atoms with E-state index in [0.717, 1.165) is 5.56 Å². The van der Waals surface area contributed by atoms with E-state index in [1.54, 1.807) is 30.3 Å². The number of nitrogens with zero attached hydrogens (tertiary/aromatic N) is 1. The summed E-state index contributed by atoms with van der Waals surface area (Å²) in [5.41, 5.74) is 1.00.